The van der Waals surface area contributed by atoms with E-state index in [9.17, 15) is 9.59 Å². The summed E-state index contributed by atoms with van der Waals surface area (Å²) in [5.41, 5.74) is 1.25. The van der Waals surface area contributed by atoms with Crippen molar-refractivity contribution < 1.29 is 14.3 Å². The Balaban J connectivity index is 1.83. The van der Waals surface area contributed by atoms with E-state index >= 15 is 0 Å². The number of aliphatic imine (C=N–C) groups is 1. The molecule has 0 aromatic heterocycles. The molecule has 2 N–H and O–H groups in total. The summed E-state index contributed by atoms with van der Waals surface area (Å²) in [6.45, 7) is 11.3. The van der Waals surface area contributed by atoms with Gasteiger partial charge in [-0.05, 0) is 64.2 Å². The van der Waals surface area contributed by atoms with E-state index in [1.54, 1.807) is 23.9 Å². The van der Waals surface area contributed by atoms with Crippen molar-refractivity contribution >= 4 is 18.0 Å². The SMILES string of the molecule is CCNC(=NCc1ccc(C(=O)N(C)C)cc1)NCC1CCN(C(=O)OC(C)(C)C)CC1. The van der Waals surface area contributed by atoms with Gasteiger partial charge in [-0.1, -0.05) is 12.1 Å². The molecule has 1 heterocycles. The Hall–Kier alpha value is -2.77. The van der Waals surface area contributed by atoms with E-state index in [2.05, 4.69) is 15.6 Å². The topological polar surface area (TPSA) is 86.3 Å². The van der Waals surface area contributed by atoms with Gasteiger partial charge in [0.05, 0.1) is 6.54 Å². The zero-order valence-electron chi connectivity index (χ0n) is 20.4. The highest BCUT2D eigenvalue weighted by Gasteiger charge is 2.26. The number of carbonyl (C=O) groups is 2. The lowest BCUT2D eigenvalue weighted by Gasteiger charge is -2.33. The number of benzene rings is 1. The molecule has 178 valence electrons. The van der Waals surface area contributed by atoms with Crippen molar-refractivity contribution in [1.82, 2.24) is 20.4 Å². The second kappa shape index (κ2) is 11.7. The van der Waals surface area contributed by atoms with Crippen LogP contribution in [0.15, 0.2) is 29.3 Å². The van der Waals surface area contributed by atoms with E-state index in [4.69, 9.17) is 4.74 Å². The molecule has 0 aliphatic carbocycles. The molecule has 0 atom stereocenters. The molecule has 0 unspecified atom stereocenters. The molecule has 8 heteroatoms. The van der Waals surface area contributed by atoms with Gasteiger partial charge in [-0.3, -0.25) is 4.79 Å². The molecule has 0 spiro atoms. The molecule has 1 fully saturated rings. The van der Waals surface area contributed by atoms with Gasteiger partial charge in [0.2, 0.25) is 0 Å². The summed E-state index contributed by atoms with van der Waals surface area (Å²) in [4.78, 5) is 32.3. The van der Waals surface area contributed by atoms with Gasteiger partial charge in [0.15, 0.2) is 5.96 Å². The summed E-state index contributed by atoms with van der Waals surface area (Å²) in [6, 6.07) is 7.56. The summed E-state index contributed by atoms with van der Waals surface area (Å²) < 4.78 is 5.47. The molecule has 1 aromatic carbocycles. The summed E-state index contributed by atoms with van der Waals surface area (Å²) in [7, 11) is 3.49. The number of amides is 2. The molecular formula is C24H39N5O3. The maximum atomic E-state index is 12.2. The Labute approximate surface area is 192 Å². The van der Waals surface area contributed by atoms with E-state index in [0.717, 1.165) is 37.5 Å². The van der Waals surface area contributed by atoms with E-state index < -0.39 is 5.60 Å². The van der Waals surface area contributed by atoms with Gasteiger partial charge in [-0.15, -0.1) is 0 Å². The van der Waals surface area contributed by atoms with Crippen LogP contribution in [0.1, 0.15) is 56.5 Å². The number of nitrogens with one attached hydrogen (secondary N) is 2. The first-order chi connectivity index (χ1) is 15.1. The molecule has 1 saturated heterocycles. The highest BCUT2D eigenvalue weighted by molar-refractivity contribution is 5.93. The van der Waals surface area contributed by atoms with Gasteiger partial charge in [0, 0.05) is 45.8 Å². The third-order valence-corrected chi connectivity index (χ3v) is 5.20. The van der Waals surface area contributed by atoms with Crippen LogP contribution in [0.5, 0.6) is 0 Å². The van der Waals surface area contributed by atoms with Crippen molar-refractivity contribution in [3.05, 3.63) is 35.4 Å². The number of hydrogen-bond donors (Lipinski definition) is 2. The Kier molecular flexibility index (Phi) is 9.35. The smallest absolute Gasteiger partial charge is 0.410 e. The van der Waals surface area contributed by atoms with Crippen LogP contribution in [0, 0.1) is 5.92 Å². The van der Waals surface area contributed by atoms with Crippen molar-refractivity contribution in [3.8, 4) is 0 Å². The Morgan fingerprint density at radius 1 is 1.12 bits per heavy atom. The van der Waals surface area contributed by atoms with Crippen LogP contribution in [0.25, 0.3) is 0 Å². The number of nitrogens with zero attached hydrogens (tertiary/aromatic N) is 3. The van der Waals surface area contributed by atoms with Crippen LogP contribution in [0.4, 0.5) is 4.79 Å². The first-order valence-corrected chi connectivity index (χ1v) is 11.4. The van der Waals surface area contributed by atoms with Gasteiger partial charge in [-0.25, -0.2) is 9.79 Å². The number of piperidine rings is 1. The van der Waals surface area contributed by atoms with Crippen LogP contribution in [-0.4, -0.2) is 73.6 Å². The quantitative estimate of drug-likeness (QED) is 0.519. The normalized spacial score (nSPS) is 15.3. The molecular weight excluding hydrogens is 406 g/mol. The molecule has 1 aliphatic rings. The van der Waals surface area contributed by atoms with Crippen LogP contribution < -0.4 is 10.6 Å². The molecule has 0 bridgehead atoms. The van der Waals surface area contributed by atoms with E-state index in [-0.39, 0.29) is 12.0 Å². The molecule has 0 radical (unpaired) electrons. The van der Waals surface area contributed by atoms with Crippen molar-refractivity contribution in [2.24, 2.45) is 10.9 Å². The van der Waals surface area contributed by atoms with Gasteiger partial charge in [-0.2, -0.15) is 0 Å². The molecule has 2 amide bonds. The average molecular weight is 446 g/mol. The maximum absolute atomic E-state index is 12.2. The number of carbonyl (C=O) groups excluding carboxylic acids is 2. The first-order valence-electron chi connectivity index (χ1n) is 11.4. The number of rotatable bonds is 6. The number of ether oxygens (including phenoxy) is 1. The molecule has 1 aliphatic heterocycles. The fourth-order valence-corrected chi connectivity index (χ4v) is 3.41. The fraction of sp³-hybridized carbons (Fsp3) is 0.625. The Morgan fingerprint density at radius 3 is 2.28 bits per heavy atom. The van der Waals surface area contributed by atoms with E-state index in [1.807, 2.05) is 52.0 Å². The van der Waals surface area contributed by atoms with E-state index in [1.165, 1.54) is 0 Å². The number of guanidine groups is 1. The summed E-state index contributed by atoms with van der Waals surface area (Å²) in [5, 5.41) is 6.71. The lowest BCUT2D eigenvalue weighted by Crippen LogP contribution is -2.45. The predicted molar refractivity (Wildman–Crippen MR) is 128 cm³/mol. The summed E-state index contributed by atoms with van der Waals surface area (Å²) in [6.07, 6.45) is 1.65. The van der Waals surface area contributed by atoms with Crippen molar-refractivity contribution in [3.63, 3.8) is 0 Å². The van der Waals surface area contributed by atoms with Crippen LogP contribution in [-0.2, 0) is 11.3 Å². The van der Waals surface area contributed by atoms with Gasteiger partial charge in [0.1, 0.15) is 5.60 Å². The fourth-order valence-electron chi connectivity index (χ4n) is 3.41. The maximum Gasteiger partial charge on any atom is 0.410 e. The monoisotopic (exact) mass is 445 g/mol. The first kappa shape index (κ1) is 25.5. The van der Waals surface area contributed by atoms with E-state index in [0.29, 0.717) is 31.1 Å². The lowest BCUT2D eigenvalue weighted by molar-refractivity contribution is 0.0185. The standard InChI is InChI=1S/C24H39N5O3/c1-7-25-22(26-16-18-8-10-20(11-9-18)21(30)28(5)6)27-17-19-12-14-29(15-13-19)23(31)32-24(2,3)4/h8-11,19H,7,12-17H2,1-6H3,(H2,25,26,27). The number of hydrogen-bond acceptors (Lipinski definition) is 4. The summed E-state index contributed by atoms with van der Waals surface area (Å²) >= 11 is 0. The van der Waals surface area contributed by atoms with Gasteiger partial charge >= 0.3 is 6.09 Å². The third-order valence-electron chi connectivity index (χ3n) is 5.20. The minimum absolute atomic E-state index is 0.00669. The average Bonchev–Trinajstić information content (AvgIpc) is 2.74. The largest absolute Gasteiger partial charge is 0.444 e. The second-order valence-electron chi connectivity index (χ2n) is 9.38. The Morgan fingerprint density at radius 2 is 1.75 bits per heavy atom. The van der Waals surface area contributed by atoms with Crippen molar-refractivity contribution in [2.45, 2.75) is 52.7 Å². The minimum atomic E-state index is -0.463. The predicted octanol–water partition coefficient (Wildman–Crippen LogP) is 3.09. The molecule has 2 rings (SSSR count). The highest BCUT2D eigenvalue weighted by Crippen LogP contribution is 2.19. The lowest BCUT2D eigenvalue weighted by atomic mass is 9.97. The molecule has 1 aromatic rings. The molecule has 8 nitrogen and oxygen atoms in total. The van der Waals surface area contributed by atoms with Crippen molar-refractivity contribution in [1.29, 1.82) is 0 Å². The van der Waals surface area contributed by atoms with Crippen molar-refractivity contribution in [2.75, 3.05) is 40.3 Å². The number of likely N-dealkylation sites (tertiary alicyclic amines) is 1. The van der Waals surface area contributed by atoms with Crippen LogP contribution in [0.2, 0.25) is 0 Å². The highest BCUT2D eigenvalue weighted by atomic mass is 16.6. The summed E-state index contributed by atoms with van der Waals surface area (Å²) in [5.74, 6) is 1.25. The molecule has 32 heavy (non-hydrogen) atoms. The Bertz CT molecular complexity index is 776. The van der Waals surface area contributed by atoms with Crippen LogP contribution in [0.3, 0.4) is 0 Å². The zero-order valence-corrected chi connectivity index (χ0v) is 20.4. The minimum Gasteiger partial charge on any atom is -0.444 e. The van der Waals surface area contributed by atoms with Gasteiger partial charge in [0.25, 0.3) is 5.91 Å². The zero-order chi connectivity index (χ0) is 23.7. The van der Waals surface area contributed by atoms with Gasteiger partial charge < -0.3 is 25.2 Å². The second-order valence-corrected chi connectivity index (χ2v) is 9.38. The van der Waals surface area contributed by atoms with Crippen LogP contribution >= 0.6 is 0 Å². The third kappa shape index (κ3) is 8.40. The molecule has 0 saturated carbocycles.